The fourth-order valence-corrected chi connectivity index (χ4v) is 6.43. The van der Waals surface area contributed by atoms with Crippen LogP contribution in [0.4, 0.5) is 0 Å². The predicted octanol–water partition coefficient (Wildman–Crippen LogP) is 2.94. The average molecular weight is 461 g/mol. The first-order valence-corrected chi connectivity index (χ1v) is 13.2. The molecule has 0 bridgehead atoms. The van der Waals surface area contributed by atoms with Crippen LogP contribution in [0.5, 0.6) is 0 Å². The smallest absolute Gasteiger partial charge is 0.240 e. The molecule has 1 saturated heterocycles. The van der Waals surface area contributed by atoms with Crippen LogP contribution in [0.2, 0.25) is 0 Å². The summed E-state index contributed by atoms with van der Waals surface area (Å²) in [5.74, 6) is 0.135. The van der Waals surface area contributed by atoms with E-state index in [1.54, 1.807) is 13.0 Å². The van der Waals surface area contributed by atoms with Gasteiger partial charge in [-0.25, -0.2) is 13.1 Å². The van der Waals surface area contributed by atoms with Crippen LogP contribution < -0.4 is 4.72 Å². The number of piperazine rings is 1. The van der Waals surface area contributed by atoms with Crippen LogP contribution in [0.3, 0.4) is 0 Å². The Hall–Kier alpha value is -1.74. The molecule has 0 spiro atoms. The standard InChI is InChI=1S/C24H36N4O3S/c1-5-27-9-11-28(12-10-27)8-6-7-25-32(30,31)22-14-19-18(13-17(22)2)23-20(26-19)15-24(3,4)16-21(23)29/h13-14,25-26H,5-12,15-16H2,1-4H3. The molecule has 2 heterocycles. The van der Waals surface area contributed by atoms with Crippen molar-refractivity contribution in [3.63, 3.8) is 0 Å². The van der Waals surface area contributed by atoms with E-state index in [9.17, 15) is 13.2 Å². The Bertz CT molecular complexity index is 1110. The van der Waals surface area contributed by atoms with Crippen molar-refractivity contribution in [2.45, 2.75) is 51.9 Å². The molecular weight excluding hydrogens is 424 g/mol. The lowest BCUT2D eigenvalue weighted by Gasteiger charge is -2.33. The van der Waals surface area contributed by atoms with E-state index in [0.717, 1.165) is 74.3 Å². The summed E-state index contributed by atoms with van der Waals surface area (Å²) in [4.78, 5) is 21.2. The third-order valence-electron chi connectivity index (χ3n) is 6.89. The van der Waals surface area contributed by atoms with Crippen molar-refractivity contribution in [2.75, 3.05) is 45.8 Å². The molecule has 1 aromatic heterocycles. The van der Waals surface area contributed by atoms with E-state index in [4.69, 9.17) is 0 Å². The van der Waals surface area contributed by atoms with Gasteiger partial charge in [-0.05, 0) is 56.0 Å². The second-order valence-electron chi connectivity index (χ2n) is 10.1. The zero-order valence-electron chi connectivity index (χ0n) is 19.8. The van der Waals surface area contributed by atoms with Gasteiger partial charge in [-0.15, -0.1) is 0 Å². The zero-order valence-corrected chi connectivity index (χ0v) is 20.6. The van der Waals surface area contributed by atoms with Crippen molar-refractivity contribution in [2.24, 2.45) is 5.41 Å². The van der Waals surface area contributed by atoms with Gasteiger partial charge in [0.25, 0.3) is 0 Å². The number of aromatic amines is 1. The van der Waals surface area contributed by atoms with Crippen LogP contribution in [0.15, 0.2) is 17.0 Å². The molecule has 2 N–H and O–H groups in total. The molecule has 4 rings (SSSR count). The number of aromatic nitrogens is 1. The molecule has 8 heteroatoms. The van der Waals surface area contributed by atoms with E-state index < -0.39 is 10.0 Å². The second kappa shape index (κ2) is 8.89. The molecule has 2 aliphatic rings. The number of fused-ring (bicyclic) bond motifs is 3. The van der Waals surface area contributed by atoms with Gasteiger partial charge < -0.3 is 14.8 Å². The van der Waals surface area contributed by atoms with Gasteiger partial charge in [0.1, 0.15) is 0 Å². The number of likely N-dealkylation sites (N-methyl/N-ethyl adjacent to an activating group) is 1. The molecule has 0 saturated carbocycles. The monoisotopic (exact) mass is 460 g/mol. The van der Waals surface area contributed by atoms with Crippen LogP contribution in [-0.4, -0.2) is 74.8 Å². The number of nitrogens with one attached hydrogen (secondary N) is 2. The summed E-state index contributed by atoms with van der Waals surface area (Å²) in [6.45, 7) is 14.8. The highest BCUT2D eigenvalue weighted by Crippen LogP contribution is 2.38. The van der Waals surface area contributed by atoms with E-state index >= 15 is 0 Å². The maximum Gasteiger partial charge on any atom is 0.240 e. The van der Waals surface area contributed by atoms with Crippen molar-refractivity contribution in [3.8, 4) is 0 Å². The van der Waals surface area contributed by atoms with Gasteiger partial charge in [0.15, 0.2) is 5.78 Å². The van der Waals surface area contributed by atoms with Crippen molar-refractivity contribution in [1.82, 2.24) is 19.5 Å². The molecule has 0 atom stereocenters. The van der Waals surface area contributed by atoms with E-state index in [0.29, 0.717) is 18.5 Å². The molecular formula is C24H36N4O3S. The normalized spacial score (nSPS) is 20.1. The predicted molar refractivity (Wildman–Crippen MR) is 128 cm³/mol. The third kappa shape index (κ3) is 4.78. The van der Waals surface area contributed by atoms with E-state index in [2.05, 4.69) is 40.3 Å². The summed E-state index contributed by atoms with van der Waals surface area (Å²) in [6, 6.07) is 3.54. The number of benzene rings is 1. The lowest BCUT2D eigenvalue weighted by atomic mass is 9.76. The Morgan fingerprint density at radius 2 is 1.78 bits per heavy atom. The fraction of sp³-hybridized carbons (Fsp3) is 0.625. The van der Waals surface area contributed by atoms with Crippen molar-refractivity contribution in [1.29, 1.82) is 0 Å². The molecule has 1 aliphatic heterocycles. The van der Waals surface area contributed by atoms with Crippen molar-refractivity contribution in [3.05, 3.63) is 29.0 Å². The topological polar surface area (TPSA) is 85.5 Å². The van der Waals surface area contributed by atoms with Gasteiger partial charge in [-0.1, -0.05) is 20.8 Å². The summed E-state index contributed by atoms with van der Waals surface area (Å²) in [5, 5.41) is 0.836. The molecule has 0 radical (unpaired) electrons. The SMILES string of the molecule is CCN1CCN(CCCNS(=O)(=O)c2cc3[nH]c4c(c3cc2C)C(=O)CC(C)(C)C4)CC1. The van der Waals surface area contributed by atoms with E-state index in [-0.39, 0.29) is 16.1 Å². The van der Waals surface area contributed by atoms with E-state index in [1.165, 1.54) is 0 Å². The van der Waals surface area contributed by atoms with E-state index in [1.807, 2.05) is 6.07 Å². The van der Waals surface area contributed by atoms with Crippen LogP contribution in [0.1, 0.15) is 55.2 Å². The Kier molecular flexibility index (Phi) is 6.51. The molecule has 7 nitrogen and oxygen atoms in total. The average Bonchev–Trinajstić information content (AvgIpc) is 3.07. The Labute approximate surface area is 191 Å². The number of ketones is 1. The van der Waals surface area contributed by atoms with Crippen LogP contribution >= 0.6 is 0 Å². The van der Waals surface area contributed by atoms with Crippen LogP contribution in [0.25, 0.3) is 10.9 Å². The number of H-pyrrole nitrogens is 1. The molecule has 1 aromatic carbocycles. The largest absolute Gasteiger partial charge is 0.358 e. The lowest BCUT2D eigenvalue weighted by molar-refractivity contribution is 0.0913. The number of nitrogens with zero attached hydrogens (tertiary/aromatic N) is 2. The molecule has 1 aliphatic carbocycles. The number of Topliss-reactive ketones (excluding diaryl/α,β-unsaturated/α-hetero) is 1. The minimum absolute atomic E-state index is 0.0837. The molecule has 0 unspecified atom stereocenters. The van der Waals surface area contributed by atoms with Crippen LogP contribution in [0, 0.1) is 12.3 Å². The number of hydrogen-bond acceptors (Lipinski definition) is 5. The Morgan fingerprint density at radius 1 is 1.09 bits per heavy atom. The minimum Gasteiger partial charge on any atom is -0.358 e. The number of rotatable bonds is 7. The number of carbonyl (C=O) groups is 1. The molecule has 1 fully saturated rings. The Balaban J connectivity index is 1.44. The highest BCUT2D eigenvalue weighted by Gasteiger charge is 2.34. The van der Waals surface area contributed by atoms with Gasteiger partial charge in [0.2, 0.25) is 10.0 Å². The minimum atomic E-state index is -3.62. The first-order valence-electron chi connectivity index (χ1n) is 11.7. The number of aryl methyl sites for hydroxylation is 1. The van der Waals surface area contributed by atoms with Gasteiger partial charge in [-0.2, -0.15) is 0 Å². The van der Waals surface area contributed by atoms with Crippen LogP contribution in [-0.2, 0) is 16.4 Å². The summed E-state index contributed by atoms with van der Waals surface area (Å²) < 4.78 is 28.8. The Morgan fingerprint density at radius 3 is 2.47 bits per heavy atom. The van der Waals surface area contributed by atoms with Crippen molar-refractivity contribution >= 4 is 26.7 Å². The quantitative estimate of drug-likeness (QED) is 0.621. The summed E-state index contributed by atoms with van der Waals surface area (Å²) in [5.41, 5.74) is 2.97. The maximum atomic E-state index is 13.0. The number of sulfonamides is 1. The molecule has 32 heavy (non-hydrogen) atoms. The molecule has 0 amide bonds. The lowest BCUT2D eigenvalue weighted by Crippen LogP contribution is -2.46. The zero-order chi connectivity index (χ0) is 23.1. The third-order valence-corrected chi connectivity index (χ3v) is 8.49. The molecule has 176 valence electrons. The highest BCUT2D eigenvalue weighted by atomic mass is 32.2. The summed E-state index contributed by atoms with van der Waals surface area (Å²) in [7, 11) is -3.62. The number of carbonyl (C=O) groups excluding carboxylic acids is 1. The maximum absolute atomic E-state index is 13.0. The number of hydrogen-bond donors (Lipinski definition) is 2. The first-order chi connectivity index (χ1) is 15.1. The summed E-state index contributed by atoms with van der Waals surface area (Å²) >= 11 is 0. The summed E-state index contributed by atoms with van der Waals surface area (Å²) in [6.07, 6.45) is 2.09. The van der Waals surface area contributed by atoms with Gasteiger partial charge in [0, 0.05) is 61.3 Å². The van der Waals surface area contributed by atoms with Crippen molar-refractivity contribution < 1.29 is 13.2 Å². The second-order valence-corrected chi connectivity index (χ2v) is 11.8. The van der Waals surface area contributed by atoms with Gasteiger partial charge >= 0.3 is 0 Å². The molecule has 2 aromatic rings. The van der Waals surface area contributed by atoms with Gasteiger partial charge in [-0.3, -0.25) is 4.79 Å². The van der Waals surface area contributed by atoms with Gasteiger partial charge in [0.05, 0.1) is 4.90 Å². The highest BCUT2D eigenvalue weighted by molar-refractivity contribution is 7.89. The first kappa shape index (κ1) is 23.4. The fourth-order valence-electron chi connectivity index (χ4n) is 5.11.